The maximum atomic E-state index is 11.2. The standard InChI is InChI=1S/C10H22N2O2/c1-9(8-11)4-5-10(13)12-6-3-7-14-2/h9H,3-8,11H2,1-2H3,(H,12,13). The zero-order valence-corrected chi connectivity index (χ0v) is 9.21. The summed E-state index contributed by atoms with van der Waals surface area (Å²) in [6.07, 6.45) is 2.31. The Kier molecular flexibility index (Phi) is 8.57. The van der Waals surface area contributed by atoms with Crippen molar-refractivity contribution in [2.75, 3.05) is 26.8 Å². The molecule has 0 rings (SSSR count). The number of amides is 1. The third-order valence-electron chi connectivity index (χ3n) is 2.11. The van der Waals surface area contributed by atoms with Crippen molar-refractivity contribution in [3.05, 3.63) is 0 Å². The van der Waals surface area contributed by atoms with Crippen LogP contribution in [0.3, 0.4) is 0 Å². The molecule has 84 valence electrons. The number of nitrogens with two attached hydrogens (primary N) is 1. The first-order chi connectivity index (χ1) is 6.70. The summed E-state index contributed by atoms with van der Waals surface area (Å²) in [4.78, 5) is 11.2. The minimum absolute atomic E-state index is 0.112. The summed E-state index contributed by atoms with van der Waals surface area (Å²) in [5.41, 5.74) is 5.45. The molecule has 0 aliphatic carbocycles. The molecular formula is C10H22N2O2. The Balaban J connectivity index is 3.28. The minimum Gasteiger partial charge on any atom is -0.385 e. The first-order valence-corrected chi connectivity index (χ1v) is 5.16. The number of carbonyl (C=O) groups is 1. The monoisotopic (exact) mass is 202 g/mol. The van der Waals surface area contributed by atoms with Gasteiger partial charge in [0.1, 0.15) is 0 Å². The van der Waals surface area contributed by atoms with Gasteiger partial charge in [-0.2, -0.15) is 0 Å². The predicted molar refractivity (Wildman–Crippen MR) is 57.0 cm³/mol. The molecule has 0 aromatic heterocycles. The molecular weight excluding hydrogens is 180 g/mol. The van der Waals surface area contributed by atoms with Crippen molar-refractivity contribution in [1.29, 1.82) is 0 Å². The number of rotatable bonds is 8. The quantitative estimate of drug-likeness (QED) is 0.564. The lowest BCUT2D eigenvalue weighted by Crippen LogP contribution is -2.26. The van der Waals surface area contributed by atoms with Gasteiger partial charge in [0.25, 0.3) is 0 Å². The largest absolute Gasteiger partial charge is 0.385 e. The molecule has 4 heteroatoms. The fraction of sp³-hybridized carbons (Fsp3) is 0.900. The molecule has 0 saturated carbocycles. The summed E-state index contributed by atoms with van der Waals surface area (Å²) in [5.74, 6) is 0.543. The molecule has 14 heavy (non-hydrogen) atoms. The maximum absolute atomic E-state index is 11.2. The molecule has 0 heterocycles. The second-order valence-corrected chi connectivity index (χ2v) is 3.58. The fourth-order valence-corrected chi connectivity index (χ4v) is 1.03. The molecule has 0 fully saturated rings. The van der Waals surface area contributed by atoms with Crippen molar-refractivity contribution in [2.24, 2.45) is 11.7 Å². The highest BCUT2D eigenvalue weighted by atomic mass is 16.5. The number of hydrogen-bond acceptors (Lipinski definition) is 3. The molecule has 0 saturated heterocycles. The second-order valence-electron chi connectivity index (χ2n) is 3.58. The first-order valence-electron chi connectivity index (χ1n) is 5.16. The number of ether oxygens (including phenoxy) is 1. The van der Waals surface area contributed by atoms with E-state index >= 15 is 0 Å². The van der Waals surface area contributed by atoms with Crippen LogP contribution in [-0.2, 0) is 9.53 Å². The van der Waals surface area contributed by atoms with E-state index in [0.717, 1.165) is 12.8 Å². The molecule has 0 radical (unpaired) electrons. The zero-order chi connectivity index (χ0) is 10.8. The number of methoxy groups -OCH3 is 1. The summed E-state index contributed by atoms with van der Waals surface area (Å²) in [5, 5.41) is 2.84. The third kappa shape index (κ3) is 8.01. The number of hydrogen-bond donors (Lipinski definition) is 2. The Morgan fingerprint density at radius 3 is 2.86 bits per heavy atom. The molecule has 0 aliphatic rings. The van der Waals surface area contributed by atoms with Gasteiger partial charge in [0, 0.05) is 26.7 Å². The average Bonchev–Trinajstić information content (AvgIpc) is 2.21. The van der Waals surface area contributed by atoms with Gasteiger partial charge in [-0.05, 0) is 25.3 Å². The van der Waals surface area contributed by atoms with E-state index in [-0.39, 0.29) is 5.91 Å². The minimum atomic E-state index is 0.112. The molecule has 0 aliphatic heterocycles. The smallest absolute Gasteiger partial charge is 0.220 e. The maximum Gasteiger partial charge on any atom is 0.220 e. The summed E-state index contributed by atoms with van der Waals surface area (Å²) < 4.78 is 4.87. The van der Waals surface area contributed by atoms with E-state index in [9.17, 15) is 4.79 Å². The molecule has 1 atom stereocenters. The lowest BCUT2D eigenvalue weighted by molar-refractivity contribution is -0.121. The summed E-state index contributed by atoms with van der Waals surface area (Å²) in [6.45, 7) is 4.10. The van der Waals surface area contributed by atoms with Gasteiger partial charge in [0.15, 0.2) is 0 Å². The third-order valence-corrected chi connectivity index (χ3v) is 2.11. The van der Waals surface area contributed by atoms with Crippen LogP contribution in [-0.4, -0.2) is 32.7 Å². The molecule has 1 amide bonds. The van der Waals surface area contributed by atoms with E-state index < -0.39 is 0 Å². The Morgan fingerprint density at radius 1 is 1.57 bits per heavy atom. The van der Waals surface area contributed by atoms with Gasteiger partial charge in [0.2, 0.25) is 5.91 Å². The summed E-state index contributed by atoms with van der Waals surface area (Å²) in [7, 11) is 1.66. The van der Waals surface area contributed by atoms with Crippen molar-refractivity contribution in [3.63, 3.8) is 0 Å². The van der Waals surface area contributed by atoms with Gasteiger partial charge in [-0.1, -0.05) is 6.92 Å². The molecule has 0 bridgehead atoms. The zero-order valence-electron chi connectivity index (χ0n) is 9.21. The van der Waals surface area contributed by atoms with Crippen LogP contribution < -0.4 is 11.1 Å². The fourth-order valence-electron chi connectivity index (χ4n) is 1.03. The first kappa shape index (κ1) is 13.4. The van der Waals surface area contributed by atoms with E-state index in [2.05, 4.69) is 12.2 Å². The average molecular weight is 202 g/mol. The van der Waals surface area contributed by atoms with Crippen molar-refractivity contribution in [1.82, 2.24) is 5.32 Å². The van der Waals surface area contributed by atoms with E-state index in [1.165, 1.54) is 0 Å². The van der Waals surface area contributed by atoms with Crippen LogP contribution in [0, 0.1) is 5.92 Å². The van der Waals surface area contributed by atoms with Gasteiger partial charge in [0.05, 0.1) is 0 Å². The van der Waals surface area contributed by atoms with Crippen molar-refractivity contribution < 1.29 is 9.53 Å². The van der Waals surface area contributed by atoms with Crippen LogP contribution in [0.4, 0.5) is 0 Å². The van der Waals surface area contributed by atoms with E-state index in [4.69, 9.17) is 10.5 Å². The van der Waals surface area contributed by atoms with Gasteiger partial charge >= 0.3 is 0 Å². The van der Waals surface area contributed by atoms with Gasteiger partial charge < -0.3 is 15.8 Å². The Labute approximate surface area is 86.2 Å². The van der Waals surface area contributed by atoms with Crippen LogP contribution >= 0.6 is 0 Å². The van der Waals surface area contributed by atoms with Crippen molar-refractivity contribution >= 4 is 5.91 Å². The molecule has 1 unspecified atom stereocenters. The Morgan fingerprint density at radius 2 is 2.29 bits per heavy atom. The van der Waals surface area contributed by atoms with Crippen molar-refractivity contribution in [3.8, 4) is 0 Å². The van der Waals surface area contributed by atoms with E-state index in [1.807, 2.05) is 0 Å². The van der Waals surface area contributed by atoms with Crippen LogP contribution in [0.5, 0.6) is 0 Å². The number of carbonyl (C=O) groups excluding carboxylic acids is 1. The molecule has 0 aromatic carbocycles. The van der Waals surface area contributed by atoms with E-state index in [0.29, 0.717) is 32.0 Å². The molecule has 4 nitrogen and oxygen atoms in total. The predicted octanol–water partition coefficient (Wildman–Crippen LogP) is 0.514. The normalized spacial score (nSPS) is 12.5. The Hall–Kier alpha value is -0.610. The lowest BCUT2D eigenvalue weighted by Gasteiger charge is -2.08. The summed E-state index contributed by atoms with van der Waals surface area (Å²) in [6, 6.07) is 0. The van der Waals surface area contributed by atoms with Gasteiger partial charge in [-0.15, -0.1) is 0 Å². The van der Waals surface area contributed by atoms with Crippen LogP contribution in [0.15, 0.2) is 0 Å². The van der Waals surface area contributed by atoms with Crippen LogP contribution in [0.1, 0.15) is 26.2 Å². The Bertz CT molecular complexity index is 151. The highest BCUT2D eigenvalue weighted by molar-refractivity contribution is 5.75. The van der Waals surface area contributed by atoms with E-state index in [1.54, 1.807) is 7.11 Å². The second kappa shape index (κ2) is 8.97. The molecule has 0 aromatic rings. The highest BCUT2D eigenvalue weighted by Crippen LogP contribution is 2.02. The molecule has 0 spiro atoms. The highest BCUT2D eigenvalue weighted by Gasteiger charge is 2.04. The van der Waals surface area contributed by atoms with Crippen LogP contribution in [0.2, 0.25) is 0 Å². The van der Waals surface area contributed by atoms with Crippen LogP contribution in [0.25, 0.3) is 0 Å². The summed E-state index contributed by atoms with van der Waals surface area (Å²) >= 11 is 0. The lowest BCUT2D eigenvalue weighted by atomic mass is 10.1. The SMILES string of the molecule is COCCCNC(=O)CCC(C)CN. The van der Waals surface area contributed by atoms with Crippen molar-refractivity contribution in [2.45, 2.75) is 26.2 Å². The van der Waals surface area contributed by atoms with Gasteiger partial charge in [-0.3, -0.25) is 4.79 Å². The van der Waals surface area contributed by atoms with Gasteiger partial charge in [-0.25, -0.2) is 0 Å². The topological polar surface area (TPSA) is 64.3 Å². The molecule has 3 N–H and O–H groups in total. The number of nitrogens with one attached hydrogen (secondary N) is 1.